The number of amides is 1. The molecule has 1 heterocycles. The van der Waals surface area contributed by atoms with Crippen molar-refractivity contribution in [3.63, 3.8) is 0 Å². The molecule has 100 valence electrons. The van der Waals surface area contributed by atoms with Gasteiger partial charge in [-0.1, -0.05) is 12.1 Å². The Kier molecular flexibility index (Phi) is 4.61. The monoisotopic (exact) mass is 339 g/mol. The molecule has 1 aromatic carbocycles. The third-order valence-electron chi connectivity index (χ3n) is 2.79. The standard InChI is InChI=1S/C14H14BrNO2S/c1-9(10-3-5-12(18-2)6-4-10)16-14(17)11-7-13(15)19-8-11/h3-9H,1-2H3,(H,16,17). The Hall–Kier alpha value is -1.33. The highest BCUT2D eigenvalue weighted by Crippen LogP contribution is 2.22. The lowest BCUT2D eigenvalue weighted by atomic mass is 10.1. The highest BCUT2D eigenvalue weighted by Gasteiger charge is 2.12. The lowest BCUT2D eigenvalue weighted by Crippen LogP contribution is -2.26. The van der Waals surface area contributed by atoms with Crippen LogP contribution in [-0.2, 0) is 0 Å². The fraction of sp³-hybridized carbons (Fsp3) is 0.214. The van der Waals surface area contributed by atoms with Crippen LogP contribution < -0.4 is 10.1 Å². The van der Waals surface area contributed by atoms with E-state index < -0.39 is 0 Å². The maximum absolute atomic E-state index is 12.0. The maximum Gasteiger partial charge on any atom is 0.252 e. The van der Waals surface area contributed by atoms with E-state index in [0.29, 0.717) is 5.56 Å². The molecule has 2 rings (SSSR count). The molecule has 0 aliphatic carbocycles. The van der Waals surface area contributed by atoms with E-state index in [1.54, 1.807) is 7.11 Å². The number of halogens is 1. The van der Waals surface area contributed by atoms with Gasteiger partial charge in [-0.2, -0.15) is 0 Å². The topological polar surface area (TPSA) is 38.3 Å². The number of carbonyl (C=O) groups is 1. The first-order valence-electron chi connectivity index (χ1n) is 5.79. The number of carbonyl (C=O) groups excluding carboxylic acids is 1. The fourth-order valence-electron chi connectivity index (χ4n) is 1.69. The zero-order valence-corrected chi connectivity index (χ0v) is 13.0. The number of methoxy groups -OCH3 is 1. The number of ether oxygens (including phenoxy) is 1. The molecule has 1 aromatic heterocycles. The molecular weight excluding hydrogens is 326 g/mol. The van der Waals surface area contributed by atoms with Gasteiger partial charge in [-0.3, -0.25) is 4.79 Å². The first kappa shape index (κ1) is 14.1. The minimum absolute atomic E-state index is 0.0444. The van der Waals surface area contributed by atoms with Crippen LogP contribution in [0.25, 0.3) is 0 Å². The number of rotatable bonds is 4. The first-order valence-corrected chi connectivity index (χ1v) is 7.46. The van der Waals surface area contributed by atoms with Crippen molar-refractivity contribution >= 4 is 33.2 Å². The molecule has 1 amide bonds. The quantitative estimate of drug-likeness (QED) is 0.913. The van der Waals surface area contributed by atoms with Crippen LogP contribution in [0.4, 0.5) is 0 Å². The Bertz CT molecular complexity index is 565. The SMILES string of the molecule is COc1ccc(C(C)NC(=O)c2csc(Br)c2)cc1. The highest BCUT2D eigenvalue weighted by molar-refractivity contribution is 9.11. The molecule has 0 fully saturated rings. The number of benzene rings is 1. The van der Waals surface area contributed by atoms with E-state index in [0.717, 1.165) is 15.1 Å². The van der Waals surface area contributed by atoms with Gasteiger partial charge < -0.3 is 10.1 Å². The van der Waals surface area contributed by atoms with Crippen molar-refractivity contribution in [2.24, 2.45) is 0 Å². The number of hydrogen-bond acceptors (Lipinski definition) is 3. The summed E-state index contributed by atoms with van der Waals surface area (Å²) in [7, 11) is 1.63. The molecule has 2 aromatic rings. The van der Waals surface area contributed by atoms with E-state index in [-0.39, 0.29) is 11.9 Å². The second-order valence-electron chi connectivity index (χ2n) is 4.11. The fourth-order valence-corrected chi connectivity index (χ4v) is 2.82. The van der Waals surface area contributed by atoms with Crippen LogP contribution in [0.1, 0.15) is 28.9 Å². The second-order valence-corrected chi connectivity index (χ2v) is 6.40. The van der Waals surface area contributed by atoms with E-state index >= 15 is 0 Å². The number of nitrogens with one attached hydrogen (secondary N) is 1. The van der Waals surface area contributed by atoms with Crippen LogP contribution in [0.2, 0.25) is 0 Å². The molecule has 0 aliphatic heterocycles. The predicted octanol–water partition coefficient (Wildman–Crippen LogP) is 4.01. The van der Waals surface area contributed by atoms with E-state index in [4.69, 9.17) is 4.74 Å². The van der Waals surface area contributed by atoms with Gasteiger partial charge in [-0.05, 0) is 46.6 Å². The molecule has 0 spiro atoms. The lowest BCUT2D eigenvalue weighted by molar-refractivity contribution is 0.0940. The van der Waals surface area contributed by atoms with Gasteiger partial charge in [0.15, 0.2) is 0 Å². The summed E-state index contributed by atoms with van der Waals surface area (Å²) >= 11 is 4.85. The van der Waals surface area contributed by atoms with Gasteiger partial charge in [0.25, 0.3) is 5.91 Å². The highest BCUT2D eigenvalue weighted by atomic mass is 79.9. The lowest BCUT2D eigenvalue weighted by Gasteiger charge is -2.14. The van der Waals surface area contributed by atoms with Gasteiger partial charge in [-0.25, -0.2) is 0 Å². The Labute approximate surface area is 124 Å². The smallest absolute Gasteiger partial charge is 0.252 e. The summed E-state index contributed by atoms with van der Waals surface area (Å²) in [5, 5.41) is 4.80. The van der Waals surface area contributed by atoms with Crippen LogP contribution in [0.15, 0.2) is 39.5 Å². The summed E-state index contributed by atoms with van der Waals surface area (Å²) in [6, 6.07) is 9.46. The predicted molar refractivity (Wildman–Crippen MR) is 80.9 cm³/mol. The minimum atomic E-state index is -0.0646. The van der Waals surface area contributed by atoms with Gasteiger partial charge in [0.2, 0.25) is 0 Å². The molecule has 0 saturated heterocycles. The molecule has 19 heavy (non-hydrogen) atoms. The van der Waals surface area contributed by atoms with Gasteiger partial charge in [0, 0.05) is 5.38 Å². The largest absolute Gasteiger partial charge is 0.497 e. The van der Waals surface area contributed by atoms with Crippen molar-refractivity contribution in [2.45, 2.75) is 13.0 Å². The van der Waals surface area contributed by atoms with Crippen molar-refractivity contribution in [1.82, 2.24) is 5.32 Å². The maximum atomic E-state index is 12.0. The summed E-state index contributed by atoms with van der Waals surface area (Å²) in [5.41, 5.74) is 1.72. The van der Waals surface area contributed by atoms with E-state index in [2.05, 4.69) is 21.2 Å². The van der Waals surface area contributed by atoms with Crippen LogP contribution in [-0.4, -0.2) is 13.0 Å². The van der Waals surface area contributed by atoms with Gasteiger partial charge >= 0.3 is 0 Å². The van der Waals surface area contributed by atoms with E-state index in [1.165, 1.54) is 11.3 Å². The number of thiophene rings is 1. The molecule has 3 nitrogen and oxygen atoms in total. The van der Waals surface area contributed by atoms with Crippen LogP contribution in [0.5, 0.6) is 5.75 Å². The van der Waals surface area contributed by atoms with Crippen molar-refractivity contribution in [3.05, 3.63) is 50.6 Å². The average Bonchev–Trinajstić information content (AvgIpc) is 2.85. The Morgan fingerprint density at radius 3 is 2.58 bits per heavy atom. The van der Waals surface area contributed by atoms with Crippen LogP contribution >= 0.6 is 27.3 Å². The zero-order chi connectivity index (χ0) is 13.8. The van der Waals surface area contributed by atoms with Crippen molar-refractivity contribution in [3.8, 4) is 5.75 Å². The summed E-state index contributed by atoms with van der Waals surface area (Å²) in [5.74, 6) is 0.745. The second kappa shape index (κ2) is 6.21. The summed E-state index contributed by atoms with van der Waals surface area (Å²) in [6.07, 6.45) is 0. The molecule has 1 atom stereocenters. The molecule has 0 saturated carbocycles. The number of hydrogen-bond donors (Lipinski definition) is 1. The average molecular weight is 340 g/mol. The van der Waals surface area contributed by atoms with E-state index in [1.807, 2.05) is 42.6 Å². The summed E-state index contributed by atoms with van der Waals surface area (Å²) < 4.78 is 6.06. The van der Waals surface area contributed by atoms with Gasteiger partial charge in [-0.15, -0.1) is 11.3 Å². The molecular formula is C14H14BrNO2S. The Morgan fingerprint density at radius 2 is 2.05 bits per heavy atom. The zero-order valence-electron chi connectivity index (χ0n) is 10.6. The third-order valence-corrected chi connectivity index (χ3v) is 4.30. The molecule has 1 N–H and O–H groups in total. The van der Waals surface area contributed by atoms with Crippen LogP contribution in [0.3, 0.4) is 0 Å². The van der Waals surface area contributed by atoms with Crippen LogP contribution in [0, 0.1) is 0 Å². The summed E-state index contributed by atoms with van der Waals surface area (Å²) in [6.45, 7) is 1.96. The van der Waals surface area contributed by atoms with Crippen molar-refractivity contribution < 1.29 is 9.53 Å². The van der Waals surface area contributed by atoms with Gasteiger partial charge in [0.1, 0.15) is 5.75 Å². The molecule has 0 radical (unpaired) electrons. The molecule has 0 aliphatic rings. The first-order chi connectivity index (χ1) is 9.10. The molecule has 1 unspecified atom stereocenters. The minimum Gasteiger partial charge on any atom is -0.497 e. The van der Waals surface area contributed by atoms with E-state index in [9.17, 15) is 4.79 Å². The molecule has 0 bridgehead atoms. The summed E-state index contributed by atoms with van der Waals surface area (Å²) in [4.78, 5) is 12.0. The van der Waals surface area contributed by atoms with Crippen molar-refractivity contribution in [2.75, 3.05) is 7.11 Å². The Balaban J connectivity index is 2.03. The third kappa shape index (κ3) is 3.58. The molecule has 5 heteroatoms. The normalized spacial score (nSPS) is 11.9. The van der Waals surface area contributed by atoms with Gasteiger partial charge in [0.05, 0.1) is 22.5 Å². The Morgan fingerprint density at radius 1 is 1.37 bits per heavy atom. The van der Waals surface area contributed by atoms with Crippen molar-refractivity contribution in [1.29, 1.82) is 0 Å².